The fourth-order valence-electron chi connectivity index (χ4n) is 1.40. The zero-order valence-electron chi connectivity index (χ0n) is 7.58. The molecule has 4 nitrogen and oxygen atoms in total. The Bertz CT molecular complexity index is 639. The summed E-state index contributed by atoms with van der Waals surface area (Å²) in [5.74, 6) is -0.114. The molecule has 0 atom stereocenters. The van der Waals surface area contributed by atoms with Gasteiger partial charge in [0.1, 0.15) is 11.4 Å². The fraction of sp³-hybridized carbons (Fsp3) is 0. The van der Waals surface area contributed by atoms with Gasteiger partial charge in [0.25, 0.3) is 0 Å². The van der Waals surface area contributed by atoms with Crippen LogP contribution in [0.15, 0.2) is 40.8 Å². The summed E-state index contributed by atoms with van der Waals surface area (Å²) in [7, 11) is -2.55. The minimum Gasteiger partial charge on any atom is -0.505 e. The molecule has 0 aliphatic heterocycles. The van der Waals surface area contributed by atoms with Crippen molar-refractivity contribution in [3.05, 3.63) is 36.4 Å². The summed E-state index contributed by atoms with van der Waals surface area (Å²) >= 11 is 0. The van der Waals surface area contributed by atoms with E-state index in [0.29, 0.717) is 5.39 Å². The first-order valence-electron chi connectivity index (χ1n) is 4.20. The molecule has 2 rings (SSSR count). The average molecular weight is 221 g/mol. The Morgan fingerprint density at radius 1 is 1.07 bits per heavy atom. The molecule has 2 aromatic rings. The van der Waals surface area contributed by atoms with Crippen LogP contribution in [0.25, 0.3) is 10.8 Å². The van der Waals surface area contributed by atoms with Crippen LogP contribution in [0.1, 0.15) is 0 Å². The summed E-state index contributed by atoms with van der Waals surface area (Å²) in [6.07, 6.45) is 0. The summed E-state index contributed by atoms with van der Waals surface area (Å²) < 4.78 is 24.0. The van der Waals surface area contributed by atoms with Crippen LogP contribution in [-0.4, -0.2) is 13.5 Å². The molecule has 0 saturated carbocycles. The first-order valence-corrected chi connectivity index (χ1v) is 5.23. The van der Waals surface area contributed by atoms with Crippen molar-refractivity contribution in [2.45, 2.75) is 0 Å². The number of hydrogen-bond donors (Lipinski definition) is 1. The molecule has 15 heavy (non-hydrogen) atoms. The molecule has 0 amide bonds. The van der Waals surface area contributed by atoms with Crippen molar-refractivity contribution in [3.63, 3.8) is 0 Å². The van der Waals surface area contributed by atoms with E-state index in [1.165, 1.54) is 6.07 Å². The van der Waals surface area contributed by atoms with Gasteiger partial charge in [-0.05, 0) is 11.5 Å². The quantitative estimate of drug-likeness (QED) is 0.803. The van der Waals surface area contributed by atoms with Gasteiger partial charge in [-0.3, -0.25) is 0 Å². The topological polar surface area (TPSA) is 66.7 Å². The van der Waals surface area contributed by atoms with Gasteiger partial charge in [0.2, 0.25) is 0 Å². The summed E-state index contributed by atoms with van der Waals surface area (Å²) in [6, 6.07) is 10.3. The second-order valence-electron chi connectivity index (χ2n) is 2.96. The summed E-state index contributed by atoms with van der Waals surface area (Å²) in [4.78, 5) is 0. The molecular weight excluding hydrogens is 214 g/mol. The van der Waals surface area contributed by atoms with Crippen LogP contribution in [0.3, 0.4) is 0 Å². The Kier molecular flexibility index (Phi) is 2.39. The number of phenols is 1. The summed E-state index contributed by atoms with van der Waals surface area (Å²) in [5, 5.41) is 11.2. The number of rotatable bonds is 1. The molecule has 0 aliphatic rings. The second kappa shape index (κ2) is 3.70. The third-order valence-electron chi connectivity index (χ3n) is 2.05. The molecule has 0 aliphatic carbocycles. The lowest BCUT2D eigenvalue weighted by atomic mass is 10.1. The lowest BCUT2D eigenvalue weighted by Gasteiger charge is -2.01. The van der Waals surface area contributed by atoms with E-state index in [9.17, 15) is 13.5 Å². The van der Waals surface area contributed by atoms with Gasteiger partial charge in [-0.15, -0.1) is 4.36 Å². The molecule has 1 N–H and O–H groups in total. The first-order chi connectivity index (χ1) is 7.18. The van der Waals surface area contributed by atoms with E-state index in [4.69, 9.17) is 0 Å². The molecule has 0 heterocycles. The Morgan fingerprint density at radius 3 is 2.53 bits per heavy atom. The third kappa shape index (κ3) is 1.82. The number of fused-ring (bicyclic) bond motifs is 1. The third-order valence-corrected chi connectivity index (χ3v) is 2.40. The van der Waals surface area contributed by atoms with Gasteiger partial charge in [-0.2, -0.15) is 8.42 Å². The molecule has 0 saturated heterocycles. The highest BCUT2D eigenvalue weighted by Gasteiger charge is 2.04. The van der Waals surface area contributed by atoms with Gasteiger partial charge in [0, 0.05) is 5.39 Å². The maximum absolute atomic E-state index is 10.4. The number of aromatic hydroxyl groups is 1. The van der Waals surface area contributed by atoms with E-state index in [1.54, 1.807) is 18.2 Å². The van der Waals surface area contributed by atoms with Gasteiger partial charge < -0.3 is 5.11 Å². The molecular formula is C10H7NO3S. The molecule has 76 valence electrons. The molecule has 5 heteroatoms. The molecule has 0 aromatic heterocycles. The number of hydrogen-bond acceptors (Lipinski definition) is 4. The minimum atomic E-state index is -2.55. The lowest BCUT2D eigenvalue weighted by molar-refractivity contribution is 0.483. The van der Waals surface area contributed by atoms with Crippen molar-refractivity contribution in [2.24, 2.45) is 4.36 Å². The normalized spacial score (nSPS) is 10.1. The van der Waals surface area contributed by atoms with Crippen molar-refractivity contribution in [1.29, 1.82) is 0 Å². The Morgan fingerprint density at radius 2 is 1.80 bits per heavy atom. The Labute approximate surface area is 87.5 Å². The van der Waals surface area contributed by atoms with Crippen LogP contribution >= 0.6 is 0 Å². The maximum atomic E-state index is 10.4. The number of benzene rings is 2. The van der Waals surface area contributed by atoms with Gasteiger partial charge in [0.15, 0.2) is 0 Å². The largest absolute Gasteiger partial charge is 0.505 e. The van der Waals surface area contributed by atoms with E-state index in [1.807, 2.05) is 12.1 Å². The highest BCUT2D eigenvalue weighted by Crippen LogP contribution is 2.34. The number of nitrogens with zero attached hydrogens (tertiary/aromatic N) is 1. The van der Waals surface area contributed by atoms with E-state index < -0.39 is 10.5 Å². The Hall–Kier alpha value is -1.88. The standard InChI is InChI=1S/C10H7NO3S/c12-10-8-4-2-1-3-7(8)5-6-9(10)11-15(13)14/h1-6,12H. The smallest absolute Gasteiger partial charge is 0.316 e. The fourth-order valence-corrected chi connectivity index (χ4v) is 1.71. The van der Waals surface area contributed by atoms with E-state index in [-0.39, 0.29) is 11.4 Å². The molecule has 0 spiro atoms. The van der Waals surface area contributed by atoms with Gasteiger partial charge in [-0.1, -0.05) is 30.3 Å². The van der Waals surface area contributed by atoms with Crippen molar-refractivity contribution >= 4 is 27.0 Å². The second-order valence-corrected chi connectivity index (χ2v) is 3.58. The van der Waals surface area contributed by atoms with Crippen molar-refractivity contribution < 1.29 is 13.5 Å². The van der Waals surface area contributed by atoms with E-state index in [2.05, 4.69) is 4.36 Å². The Balaban J connectivity index is 2.81. The lowest BCUT2D eigenvalue weighted by Crippen LogP contribution is -1.74. The zero-order chi connectivity index (χ0) is 10.8. The molecule has 2 aromatic carbocycles. The van der Waals surface area contributed by atoms with Gasteiger partial charge in [-0.25, -0.2) is 0 Å². The van der Waals surface area contributed by atoms with Gasteiger partial charge in [0.05, 0.1) is 0 Å². The van der Waals surface area contributed by atoms with Crippen LogP contribution in [0.2, 0.25) is 0 Å². The predicted molar refractivity (Wildman–Crippen MR) is 56.6 cm³/mol. The molecule has 0 radical (unpaired) electrons. The highest BCUT2D eigenvalue weighted by molar-refractivity contribution is 7.61. The molecule has 0 unspecified atom stereocenters. The number of phenolic OH excluding ortho intramolecular Hbond substituents is 1. The monoisotopic (exact) mass is 221 g/mol. The van der Waals surface area contributed by atoms with Crippen molar-refractivity contribution in [2.75, 3.05) is 0 Å². The van der Waals surface area contributed by atoms with Gasteiger partial charge >= 0.3 is 10.5 Å². The highest BCUT2D eigenvalue weighted by atomic mass is 32.2. The predicted octanol–water partition coefficient (Wildman–Crippen LogP) is 2.24. The first kappa shape index (κ1) is 9.67. The van der Waals surface area contributed by atoms with Crippen LogP contribution < -0.4 is 0 Å². The van der Waals surface area contributed by atoms with Crippen LogP contribution in [0.5, 0.6) is 5.75 Å². The zero-order valence-corrected chi connectivity index (χ0v) is 8.40. The summed E-state index contributed by atoms with van der Waals surface area (Å²) in [5.41, 5.74) is 0.0574. The maximum Gasteiger partial charge on any atom is 0.316 e. The van der Waals surface area contributed by atoms with Crippen LogP contribution in [0.4, 0.5) is 5.69 Å². The average Bonchev–Trinajstić information content (AvgIpc) is 2.22. The minimum absolute atomic E-state index is 0.0574. The van der Waals surface area contributed by atoms with E-state index >= 15 is 0 Å². The molecule has 0 fully saturated rings. The molecule has 0 bridgehead atoms. The van der Waals surface area contributed by atoms with Crippen LogP contribution in [-0.2, 0) is 10.5 Å². The van der Waals surface area contributed by atoms with Crippen LogP contribution in [0, 0.1) is 0 Å². The SMILES string of the molecule is O=S(=O)=Nc1ccc2ccccc2c1O. The van der Waals surface area contributed by atoms with Crippen molar-refractivity contribution in [3.8, 4) is 5.75 Å². The van der Waals surface area contributed by atoms with Crippen molar-refractivity contribution in [1.82, 2.24) is 0 Å². The summed E-state index contributed by atoms with van der Waals surface area (Å²) in [6.45, 7) is 0. The van der Waals surface area contributed by atoms with E-state index in [0.717, 1.165) is 5.39 Å².